The van der Waals surface area contributed by atoms with E-state index in [0.717, 1.165) is 0 Å². The van der Waals surface area contributed by atoms with E-state index in [-0.39, 0.29) is 11.3 Å². The minimum Gasteiger partial charge on any atom is -0.277 e. The second-order valence-corrected chi connectivity index (χ2v) is 2.28. The van der Waals surface area contributed by atoms with Crippen molar-refractivity contribution in [3.8, 4) is 6.07 Å². The summed E-state index contributed by atoms with van der Waals surface area (Å²) in [5.74, 6) is -0.479. The Morgan fingerprint density at radius 1 is 1.85 bits per heavy atom. The third-order valence-corrected chi connectivity index (χ3v) is 1.48. The Kier molecular flexibility index (Phi) is 2.62. The first-order valence-corrected chi connectivity index (χ1v) is 3.46. The summed E-state index contributed by atoms with van der Waals surface area (Å²) in [6.45, 7) is 0. The molecular formula is C7H8N4O2. The van der Waals surface area contributed by atoms with Crippen molar-refractivity contribution in [2.24, 2.45) is 7.05 Å². The molecule has 0 saturated carbocycles. The molecule has 6 nitrogen and oxygen atoms in total. The van der Waals surface area contributed by atoms with Crippen LogP contribution in [0.3, 0.4) is 0 Å². The summed E-state index contributed by atoms with van der Waals surface area (Å²) in [6.07, 6.45) is 1.31. The average molecular weight is 180 g/mol. The Hall–Kier alpha value is -1.87. The lowest BCUT2D eigenvalue weighted by Crippen LogP contribution is -2.22. The van der Waals surface area contributed by atoms with Gasteiger partial charge in [-0.05, 0) is 0 Å². The zero-order valence-electron chi connectivity index (χ0n) is 7.24. The Morgan fingerprint density at radius 2 is 2.54 bits per heavy atom. The molecule has 1 aromatic rings. The molecule has 1 rings (SSSR count). The fourth-order valence-electron chi connectivity index (χ4n) is 0.884. The van der Waals surface area contributed by atoms with E-state index in [4.69, 9.17) is 5.26 Å². The number of hydrogen-bond donors (Lipinski definition) is 1. The topological polar surface area (TPSA) is 79.9 Å². The van der Waals surface area contributed by atoms with Gasteiger partial charge >= 0.3 is 0 Å². The number of nitrogens with one attached hydrogen (secondary N) is 1. The Morgan fingerprint density at radius 3 is 3.08 bits per heavy atom. The number of carbonyl (C=O) groups is 1. The SMILES string of the molecule is CONC(=O)c1cnn(C)c1C#N. The Bertz CT molecular complexity index is 363. The Labute approximate surface area is 74.7 Å². The van der Waals surface area contributed by atoms with Gasteiger partial charge < -0.3 is 0 Å². The first-order valence-electron chi connectivity index (χ1n) is 3.46. The van der Waals surface area contributed by atoms with Gasteiger partial charge in [0.25, 0.3) is 5.91 Å². The lowest BCUT2D eigenvalue weighted by atomic mass is 10.2. The van der Waals surface area contributed by atoms with Gasteiger partial charge in [0.05, 0.1) is 18.9 Å². The van der Waals surface area contributed by atoms with Crippen molar-refractivity contribution in [2.75, 3.05) is 7.11 Å². The maximum absolute atomic E-state index is 11.2. The number of hydroxylamine groups is 1. The van der Waals surface area contributed by atoms with Gasteiger partial charge in [0.1, 0.15) is 6.07 Å². The predicted molar refractivity (Wildman–Crippen MR) is 42.4 cm³/mol. The second kappa shape index (κ2) is 3.69. The number of nitriles is 1. The van der Waals surface area contributed by atoms with Gasteiger partial charge in [-0.15, -0.1) is 0 Å². The van der Waals surface area contributed by atoms with E-state index in [2.05, 4.69) is 15.4 Å². The van der Waals surface area contributed by atoms with Gasteiger partial charge in [-0.2, -0.15) is 10.4 Å². The molecule has 1 amide bonds. The summed E-state index contributed by atoms with van der Waals surface area (Å²) in [6, 6.07) is 1.87. The van der Waals surface area contributed by atoms with Crippen LogP contribution in [0.2, 0.25) is 0 Å². The van der Waals surface area contributed by atoms with E-state index in [0.29, 0.717) is 0 Å². The molecule has 0 radical (unpaired) electrons. The van der Waals surface area contributed by atoms with Crippen LogP contribution in [-0.2, 0) is 11.9 Å². The molecule has 0 atom stereocenters. The van der Waals surface area contributed by atoms with Crippen molar-refractivity contribution in [3.63, 3.8) is 0 Å². The molecule has 0 aliphatic heterocycles. The molecule has 0 aliphatic carbocycles. The van der Waals surface area contributed by atoms with Crippen LogP contribution in [0.15, 0.2) is 6.20 Å². The molecule has 6 heteroatoms. The van der Waals surface area contributed by atoms with E-state index in [9.17, 15) is 4.79 Å². The van der Waals surface area contributed by atoms with Crippen LogP contribution < -0.4 is 5.48 Å². The molecule has 0 aromatic carbocycles. The van der Waals surface area contributed by atoms with Gasteiger partial charge in [-0.25, -0.2) is 5.48 Å². The van der Waals surface area contributed by atoms with Crippen molar-refractivity contribution < 1.29 is 9.63 Å². The number of nitrogens with zero attached hydrogens (tertiary/aromatic N) is 3. The predicted octanol–water partition coefficient (Wildman–Crippen LogP) is -0.417. The second-order valence-electron chi connectivity index (χ2n) is 2.28. The third kappa shape index (κ3) is 1.65. The summed E-state index contributed by atoms with van der Waals surface area (Å²) in [5, 5.41) is 12.4. The van der Waals surface area contributed by atoms with Crippen LogP contribution in [0.1, 0.15) is 16.1 Å². The van der Waals surface area contributed by atoms with Gasteiger partial charge in [0, 0.05) is 7.05 Å². The summed E-state index contributed by atoms with van der Waals surface area (Å²) in [4.78, 5) is 15.6. The van der Waals surface area contributed by atoms with Gasteiger partial charge in [-0.1, -0.05) is 0 Å². The largest absolute Gasteiger partial charge is 0.279 e. The minimum absolute atomic E-state index is 0.201. The van der Waals surface area contributed by atoms with Crippen molar-refractivity contribution in [1.82, 2.24) is 15.3 Å². The van der Waals surface area contributed by atoms with E-state index in [1.807, 2.05) is 6.07 Å². The zero-order chi connectivity index (χ0) is 9.84. The molecule has 0 spiro atoms. The number of hydrogen-bond acceptors (Lipinski definition) is 4. The normalized spacial score (nSPS) is 9.31. The van der Waals surface area contributed by atoms with Gasteiger partial charge in [-0.3, -0.25) is 14.3 Å². The minimum atomic E-state index is -0.479. The lowest BCUT2D eigenvalue weighted by molar-refractivity contribution is 0.0537. The molecule has 0 unspecified atom stereocenters. The number of rotatable bonds is 2. The molecule has 1 N–H and O–H groups in total. The molecular weight excluding hydrogens is 172 g/mol. The molecule has 1 aromatic heterocycles. The maximum Gasteiger partial charge on any atom is 0.279 e. The zero-order valence-corrected chi connectivity index (χ0v) is 7.24. The third-order valence-electron chi connectivity index (χ3n) is 1.48. The molecule has 0 aliphatic rings. The summed E-state index contributed by atoms with van der Waals surface area (Å²) in [7, 11) is 2.91. The molecule has 1 heterocycles. The standard InChI is InChI=1S/C7H8N4O2/c1-11-6(3-8)5(4-9-11)7(12)10-13-2/h4H,1-2H3,(H,10,12). The highest BCUT2D eigenvalue weighted by atomic mass is 16.6. The fourth-order valence-corrected chi connectivity index (χ4v) is 0.884. The van der Waals surface area contributed by atoms with E-state index < -0.39 is 5.91 Å². The van der Waals surface area contributed by atoms with Gasteiger partial charge in [0.15, 0.2) is 5.69 Å². The molecule has 13 heavy (non-hydrogen) atoms. The monoisotopic (exact) mass is 180 g/mol. The smallest absolute Gasteiger partial charge is 0.277 e. The van der Waals surface area contributed by atoms with Crippen LogP contribution in [0.5, 0.6) is 0 Å². The van der Waals surface area contributed by atoms with Crippen LogP contribution in [0.4, 0.5) is 0 Å². The number of aryl methyl sites for hydroxylation is 1. The number of amides is 1. The maximum atomic E-state index is 11.2. The van der Waals surface area contributed by atoms with Crippen LogP contribution in [-0.4, -0.2) is 22.8 Å². The highest BCUT2D eigenvalue weighted by molar-refractivity contribution is 5.95. The van der Waals surface area contributed by atoms with Gasteiger partial charge in [0.2, 0.25) is 0 Å². The van der Waals surface area contributed by atoms with Crippen molar-refractivity contribution in [2.45, 2.75) is 0 Å². The van der Waals surface area contributed by atoms with Crippen LogP contribution in [0.25, 0.3) is 0 Å². The molecule has 0 bridgehead atoms. The summed E-state index contributed by atoms with van der Waals surface area (Å²) >= 11 is 0. The lowest BCUT2D eigenvalue weighted by Gasteiger charge is -1.98. The first-order chi connectivity index (χ1) is 6.20. The highest BCUT2D eigenvalue weighted by Gasteiger charge is 2.14. The van der Waals surface area contributed by atoms with Crippen molar-refractivity contribution >= 4 is 5.91 Å². The fraction of sp³-hybridized carbons (Fsp3) is 0.286. The van der Waals surface area contributed by atoms with E-state index in [1.165, 1.54) is 18.0 Å². The average Bonchev–Trinajstić information content (AvgIpc) is 2.47. The quantitative estimate of drug-likeness (QED) is 0.627. The number of carbonyl (C=O) groups excluding carboxylic acids is 1. The number of aromatic nitrogens is 2. The summed E-state index contributed by atoms with van der Waals surface area (Å²) < 4.78 is 1.32. The molecule has 68 valence electrons. The van der Waals surface area contributed by atoms with Crippen LogP contribution >= 0.6 is 0 Å². The van der Waals surface area contributed by atoms with Crippen molar-refractivity contribution in [1.29, 1.82) is 5.26 Å². The highest BCUT2D eigenvalue weighted by Crippen LogP contribution is 2.04. The summed E-state index contributed by atoms with van der Waals surface area (Å²) in [5.41, 5.74) is 2.51. The Balaban J connectivity index is 3.02. The first kappa shape index (κ1) is 9.22. The molecule has 0 saturated heterocycles. The van der Waals surface area contributed by atoms with Crippen molar-refractivity contribution in [3.05, 3.63) is 17.5 Å². The molecule has 0 fully saturated rings. The van der Waals surface area contributed by atoms with Crippen LogP contribution in [0, 0.1) is 11.3 Å². The van der Waals surface area contributed by atoms with E-state index >= 15 is 0 Å². The van der Waals surface area contributed by atoms with E-state index in [1.54, 1.807) is 7.05 Å².